The lowest BCUT2D eigenvalue weighted by Gasteiger charge is -2.30. The highest BCUT2D eigenvalue weighted by Crippen LogP contribution is 2.54. The average Bonchev–Trinajstić information content (AvgIpc) is 3.11. The molecule has 2 aliphatic rings. The van der Waals surface area contributed by atoms with E-state index in [0.717, 1.165) is 69.3 Å². The summed E-state index contributed by atoms with van der Waals surface area (Å²) in [5.74, 6) is 0.310. The summed E-state index contributed by atoms with van der Waals surface area (Å²) in [6, 6.07) is 37.9. The fourth-order valence-corrected chi connectivity index (χ4v) is 9.92. The molecule has 6 aromatic rings. The Bertz CT molecular complexity index is 2200. The van der Waals surface area contributed by atoms with Crippen LogP contribution >= 0.6 is 7.14 Å². The average molecular weight is 588 g/mol. The molecule has 0 N–H and O–H groups in total. The Balaban J connectivity index is 1.42. The monoisotopic (exact) mass is 587 g/mol. The molecule has 1 aliphatic heterocycles. The molecule has 44 heavy (non-hydrogen) atoms. The zero-order valence-corrected chi connectivity index (χ0v) is 25.3. The van der Waals surface area contributed by atoms with Gasteiger partial charge in [0.15, 0.2) is 7.14 Å². The highest BCUT2D eigenvalue weighted by molar-refractivity contribution is 7.82. The van der Waals surface area contributed by atoms with E-state index in [0.29, 0.717) is 5.92 Å². The third kappa shape index (κ3) is 4.43. The number of allylic oxidation sites excluding steroid dienone is 5. The van der Waals surface area contributed by atoms with Crippen LogP contribution in [0.25, 0.3) is 49.0 Å². The summed E-state index contributed by atoms with van der Waals surface area (Å²) in [5, 5.41) is 13.3. The van der Waals surface area contributed by atoms with Gasteiger partial charge in [0.05, 0.1) is 11.2 Å². The van der Waals surface area contributed by atoms with E-state index in [1.54, 1.807) is 0 Å². The Kier molecular flexibility index (Phi) is 6.77. The molecular weight excluding hydrogens is 555 g/mol. The molecule has 0 fully saturated rings. The predicted molar refractivity (Wildman–Crippen MR) is 187 cm³/mol. The van der Waals surface area contributed by atoms with Gasteiger partial charge in [-0.1, -0.05) is 109 Å². The standard InChI is InChI=1S/C40H32N2OP/c43-44(30-15-3-1-4-16-30,31-17-5-2-6-18-31)32-19-11-13-28(25-32)40-37-26-36(29-14-12-24-41-27-29)33-20-7-8-21-34(33)39(37)35-22-9-10-23-38(35)42-40/h1-5,7-13,15-17,19-26,29H,6,14,18,27H2/q-1. The van der Waals surface area contributed by atoms with E-state index < -0.39 is 7.14 Å². The third-order valence-corrected chi connectivity index (χ3v) is 12.3. The second-order valence-electron chi connectivity index (χ2n) is 11.7. The summed E-state index contributed by atoms with van der Waals surface area (Å²) in [7, 11) is -3.06. The summed E-state index contributed by atoms with van der Waals surface area (Å²) >= 11 is 0. The molecule has 0 saturated heterocycles. The number of rotatable bonds is 5. The Morgan fingerprint density at radius 3 is 2.30 bits per heavy atom. The summed E-state index contributed by atoms with van der Waals surface area (Å²) in [5.41, 5.74) is 4.17. The minimum absolute atomic E-state index is 0.310. The molecule has 2 heterocycles. The summed E-state index contributed by atoms with van der Waals surface area (Å²) < 4.78 is 15.3. The van der Waals surface area contributed by atoms with Crippen LogP contribution in [0.4, 0.5) is 0 Å². The maximum Gasteiger partial charge on any atom is 0.167 e. The maximum absolute atomic E-state index is 15.3. The minimum Gasteiger partial charge on any atom is -0.690 e. The van der Waals surface area contributed by atoms with Crippen molar-refractivity contribution in [3.63, 3.8) is 0 Å². The first-order valence-electron chi connectivity index (χ1n) is 15.4. The van der Waals surface area contributed by atoms with E-state index in [1.165, 1.54) is 21.7 Å². The van der Waals surface area contributed by atoms with Gasteiger partial charge in [0.2, 0.25) is 0 Å². The molecule has 2 atom stereocenters. The summed E-state index contributed by atoms with van der Waals surface area (Å²) in [6.07, 6.45) is 13.0. The van der Waals surface area contributed by atoms with Gasteiger partial charge in [-0.25, -0.2) is 4.98 Å². The molecule has 0 bridgehead atoms. The van der Waals surface area contributed by atoms with Crippen LogP contribution in [0.5, 0.6) is 0 Å². The highest BCUT2D eigenvalue weighted by atomic mass is 31.2. The first-order valence-corrected chi connectivity index (χ1v) is 17.1. The van der Waals surface area contributed by atoms with Gasteiger partial charge in [0.25, 0.3) is 0 Å². The molecular formula is C40H32N2OP-. The second kappa shape index (κ2) is 11.1. The number of hydrogen-bond donors (Lipinski definition) is 0. The van der Waals surface area contributed by atoms with Crippen molar-refractivity contribution in [1.29, 1.82) is 0 Å². The fraction of sp³-hybridized carbons (Fsp3) is 0.125. The number of hydrogen-bond acceptors (Lipinski definition) is 2. The molecule has 1 aromatic heterocycles. The smallest absolute Gasteiger partial charge is 0.167 e. The Hall–Kier alpha value is -4.72. The Labute approximate surface area is 258 Å². The van der Waals surface area contributed by atoms with Crippen LogP contribution < -0.4 is 10.6 Å². The number of benzene rings is 5. The van der Waals surface area contributed by atoms with Crippen molar-refractivity contribution < 1.29 is 4.57 Å². The van der Waals surface area contributed by atoms with Crippen molar-refractivity contribution in [3.05, 3.63) is 156 Å². The van der Waals surface area contributed by atoms with Crippen LogP contribution in [-0.4, -0.2) is 11.5 Å². The van der Waals surface area contributed by atoms with Gasteiger partial charge in [-0.05, 0) is 65.0 Å². The largest absolute Gasteiger partial charge is 0.690 e. The first-order chi connectivity index (χ1) is 21.7. The number of fused-ring (bicyclic) bond motifs is 5. The molecule has 4 heteroatoms. The molecule has 1 aliphatic carbocycles. The number of aromatic nitrogens is 1. The van der Waals surface area contributed by atoms with Crippen LogP contribution in [0.2, 0.25) is 0 Å². The third-order valence-electron chi connectivity index (χ3n) is 9.13. The van der Waals surface area contributed by atoms with Gasteiger partial charge in [0, 0.05) is 32.3 Å². The van der Waals surface area contributed by atoms with Crippen molar-refractivity contribution in [1.82, 2.24) is 4.98 Å². The van der Waals surface area contributed by atoms with Gasteiger partial charge in [0.1, 0.15) is 0 Å². The van der Waals surface area contributed by atoms with E-state index in [4.69, 9.17) is 4.98 Å². The van der Waals surface area contributed by atoms with E-state index >= 15 is 4.57 Å². The topological polar surface area (TPSA) is 44.1 Å². The van der Waals surface area contributed by atoms with Gasteiger partial charge in [-0.15, -0.1) is 12.6 Å². The Morgan fingerprint density at radius 1 is 0.727 bits per heavy atom. The number of para-hydroxylation sites is 1. The predicted octanol–water partition coefficient (Wildman–Crippen LogP) is 10.1. The van der Waals surface area contributed by atoms with E-state index in [9.17, 15) is 0 Å². The van der Waals surface area contributed by atoms with Gasteiger partial charge in [-0.3, -0.25) is 0 Å². The zero-order chi connectivity index (χ0) is 29.5. The highest BCUT2D eigenvalue weighted by Gasteiger charge is 2.32. The van der Waals surface area contributed by atoms with Gasteiger partial charge >= 0.3 is 0 Å². The SMILES string of the molecule is O=P(C1=CC=CCC1)(c1ccccc1)c1cccc(-c2nc3ccccc3c3c2cc(C2CC=C[N-]C2)c2ccccc23)c1. The van der Waals surface area contributed by atoms with Crippen molar-refractivity contribution in [2.45, 2.75) is 25.2 Å². The van der Waals surface area contributed by atoms with Crippen LogP contribution in [0.1, 0.15) is 30.7 Å². The second-order valence-corrected chi connectivity index (χ2v) is 14.5. The lowest BCUT2D eigenvalue weighted by Crippen LogP contribution is -2.18. The van der Waals surface area contributed by atoms with Crippen molar-refractivity contribution in [2.24, 2.45) is 0 Å². The van der Waals surface area contributed by atoms with Crippen LogP contribution in [-0.2, 0) is 4.57 Å². The molecule has 2 unspecified atom stereocenters. The molecule has 0 radical (unpaired) electrons. The molecule has 5 aromatic carbocycles. The lowest BCUT2D eigenvalue weighted by molar-refractivity contribution is 0.589. The van der Waals surface area contributed by atoms with Crippen LogP contribution in [0.3, 0.4) is 0 Å². The van der Waals surface area contributed by atoms with Gasteiger partial charge < -0.3 is 9.88 Å². The Morgan fingerprint density at radius 2 is 1.50 bits per heavy atom. The molecule has 8 rings (SSSR count). The van der Waals surface area contributed by atoms with Crippen LogP contribution in [0, 0.1) is 0 Å². The van der Waals surface area contributed by atoms with E-state index in [2.05, 4.69) is 102 Å². The van der Waals surface area contributed by atoms with E-state index in [1.807, 2.05) is 42.6 Å². The van der Waals surface area contributed by atoms with Crippen molar-refractivity contribution in [2.75, 3.05) is 6.54 Å². The first kappa shape index (κ1) is 26.9. The molecule has 214 valence electrons. The van der Waals surface area contributed by atoms with E-state index in [-0.39, 0.29) is 0 Å². The summed E-state index contributed by atoms with van der Waals surface area (Å²) in [4.78, 5) is 5.32. The quantitative estimate of drug-likeness (QED) is 0.149. The molecule has 0 amide bonds. The summed E-state index contributed by atoms with van der Waals surface area (Å²) in [6.45, 7) is 0.779. The normalized spacial score (nSPS) is 17.8. The van der Waals surface area contributed by atoms with Crippen LogP contribution in [0.15, 0.2) is 145 Å². The molecule has 0 saturated carbocycles. The molecule has 0 spiro atoms. The minimum atomic E-state index is -3.06. The van der Waals surface area contributed by atoms with Crippen molar-refractivity contribution >= 4 is 50.2 Å². The number of pyridine rings is 1. The van der Waals surface area contributed by atoms with Crippen molar-refractivity contribution in [3.8, 4) is 11.3 Å². The zero-order valence-electron chi connectivity index (χ0n) is 24.4. The fourth-order valence-electron chi connectivity index (χ4n) is 7.01. The lowest BCUT2D eigenvalue weighted by atomic mass is 9.85. The van der Waals surface area contributed by atoms with Gasteiger partial charge in [-0.2, -0.15) is 6.20 Å². The maximum atomic E-state index is 15.3. The molecule has 3 nitrogen and oxygen atoms in total. The number of nitrogens with zero attached hydrogens (tertiary/aromatic N) is 2.